The summed E-state index contributed by atoms with van der Waals surface area (Å²) >= 11 is 3.07. The number of hydrogen-bond donors (Lipinski definition) is 0. The van der Waals surface area contributed by atoms with Crippen molar-refractivity contribution in [3.63, 3.8) is 0 Å². The zero-order valence-corrected chi connectivity index (χ0v) is 12.7. The number of carbonyl (C=O) groups is 1. The summed E-state index contributed by atoms with van der Waals surface area (Å²) < 4.78 is 43.6. The molecular formula is C14H7BrF3NO4. The lowest BCUT2D eigenvalue weighted by Gasteiger charge is -2.11. The number of nitro groups is 1. The highest BCUT2D eigenvalue weighted by atomic mass is 79.9. The molecule has 5 nitrogen and oxygen atoms in total. The maximum atomic E-state index is 12.6. The van der Waals surface area contributed by atoms with Crippen molar-refractivity contribution in [2.24, 2.45) is 0 Å². The highest BCUT2D eigenvalue weighted by molar-refractivity contribution is 9.10. The number of ether oxygens (including phenoxy) is 1. The Morgan fingerprint density at radius 3 is 2.35 bits per heavy atom. The second-order valence-corrected chi connectivity index (χ2v) is 5.26. The minimum absolute atomic E-state index is 0.190. The van der Waals surface area contributed by atoms with Crippen LogP contribution in [0.2, 0.25) is 0 Å². The molecule has 0 N–H and O–H groups in total. The van der Waals surface area contributed by atoms with Crippen molar-refractivity contribution < 1.29 is 27.6 Å². The molecule has 0 aliphatic heterocycles. The van der Waals surface area contributed by atoms with Crippen LogP contribution < -0.4 is 4.74 Å². The Morgan fingerprint density at radius 1 is 1.13 bits per heavy atom. The van der Waals surface area contributed by atoms with Crippen molar-refractivity contribution >= 4 is 27.9 Å². The molecule has 0 heterocycles. The Balaban J connectivity index is 2.45. The standard InChI is InChI=1S/C14H7BrF3NO4/c15-10-2-4-13(11(6-10)19(21)22)23-12-3-1-9(14(16,17)18)5-8(12)7-20/h1-7H. The molecule has 0 aliphatic carbocycles. The number of aldehydes is 1. The highest BCUT2D eigenvalue weighted by Crippen LogP contribution is 2.37. The fourth-order valence-corrected chi connectivity index (χ4v) is 2.10. The van der Waals surface area contributed by atoms with E-state index in [1.54, 1.807) is 0 Å². The fraction of sp³-hybridized carbons (Fsp3) is 0.0714. The summed E-state index contributed by atoms with van der Waals surface area (Å²) in [4.78, 5) is 21.3. The van der Waals surface area contributed by atoms with E-state index in [0.29, 0.717) is 10.5 Å². The normalized spacial score (nSPS) is 11.1. The minimum Gasteiger partial charge on any atom is -0.449 e. The molecule has 2 rings (SSSR count). The Kier molecular flexibility index (Phi) is 4.69. The summed E-state index contributed by atoms with van der Waals surface area (Å²) in [5, 5.41) is 11.0. The van der Waals surface area contributed by atoms with Crippen LogP contribution >= 0.6 is 15.9 Å². The van der Waals surface area contributed by atoms with Gasteiger partial charge in [0.2, 0.25) is 5.75 Å². The van der Waals surface area contributed by atoms with Gasteiger partial charge in [-0.1, -0.05) is 15.9 Å². The van der Waals surface area contributed by atoms with Crippen LogP contribution in [-0.2, 0) is 6.18 Å². The number of hydrogen-bond acceptors (Lipinski definition) is 4. The van der Waals surface area contributed by atoms with Crippen molar-refractivity contribution in [2.45, 2.75) is 6.18 Å². The fourth-order valence-electron chi connectivity index (χ4n) is 1.75. The molecule has 0 amide bonds. The lowest BCUT2D eigenvalue weighted by atomic mass is 10.1. The molecular weight excluding hydrogens is 383 g/mol. The molecule has 0 fully saturated rings. The number of rotatable bonds is 4. The minimum atomic E-state index is -4.61. The lowest BCUT2D eigenvalue weighted by molar-refractivity contribution is -0.385. The summed E-state index contributed by atoms with van der Waals surface area (Å²) in [6.45, 7) is 0. The SMILES string of the molecule is O=Cc1cc(C(F)(F)F)ccc1Oc1ccc(Br)cc1[N+](=O)[O-]. The molecule has 0 atom stereocenters. The molecule has 0 unspecified atom stereocenters. The van der Waals surface area contributed by atoms with Crippen LogP contribution in [0, 0.1) is 10.1 Å². The van der Waals surface area contributed by atoms with Gasteiger partial charge in [-0.05, 0) is 30.3 Å². The Morgan fingerprint density at radius 2 is 1.78 bits per heavy atom. The number of nitro benzene ring substituents is 1. The van der Waals surface area contributed by atoms with Gasteiger partial charge in [0.15, 0.2) is 6.29 Å². The van der Waals surface area contributed by atoms with Crippen molar-refractivity contribution in [3.8, 4) is 11.5 Å². The maximum absolute atomic E-state index is 12.6. The number of carbonyl (C=O) groups excluding carboxylic acids is 1. The van der Waals surface area contributed by atoms with E-state index in [0.717, 1.165) is 12.1 Å². The third kappa shape index (κ3) is 3.86. The molecule has 0 spiro atoms. The first-order valence-corrected chi connectivity index (χ1v) is 6.80. The molecule has 0 bridgehead atoms. The molecule has 0 saturated carbocycles. The second-order valence-electron chi connectivity index (χ2n) is 4.34. The van der Waals surface area contributed by atoms with Gasteiger partial charge in [0, 0.05) is 10.5 Å². The zero-order chi connectivity index (χ0) is 17.2. The predicted molar refractivity (Wildman–Crippen MR) is 77.7 cm³/mol. The molecule has 9 heteroatoms. The largest absolute Gasteiger partial charge is 0.449 e. The van der Waals surface area contributed by atoms with Gasteiger partial charge in [-0.15, -0.1) is 0 Å². The summed E-state index contributed by atoms with van der Waals surface area (Å²) in [6, 6.07) is 6.21. The molecule has 23 heavy (non-hydrogen) atoms. The molecule has 0 aromatic heterocycles. The average molecular weight is 390 g/mol. The third-order valence-electron chi connectivity index (χ3n) is 2.80. The van der Waals surface area contributed by atoms with E-state index in [9.17, 15) is 28.1 Å². The first-order valence-electron chi connectivity index (χ1n) is 6.00. The summed E-state index contributed by atoms with van der Waals surface area (Å²) in [7, 11) is 0. The molecule has 0 saturated heterocycles. The third-order valence-corrected chi connectivity index (χ3v) is 3.29. The number of halogens is 4. The number of benzene rings is 2. The number of nitrogens with zero attached hydrogens (tertiary/aromatic N) is 1. The average Bonchev–Trinajstić information content (AvgIpc) is 2.48. The van der Waals surface area contributed by atoms with Crippen LogP contribution in [0.25, 0.3) is 0 Å². The predicted octanol–water partition coefficient (Wildman–Crippen LogP) is 4.98. The lowest BCUT2D eigenvalue weighted by Crippen LogP contribution is -2.06. The van der Waals surface area contributed by atoms with Crippen LogP contribution in [0.15, 0.2) is 40.9 Å². The molecule has 0 aliphatic rings. The smallest absolute Gasteiger partial charge is 0.416 e. The van der Waals surface area contributed by atoms with E-state index >= 15 is 0 Å². The van der Waals surface area contributed by atoms with Gasteiger partial charge < -0.3 is 4.74 Å². The van der Waals surface area contributed by atoms with Crippen molar-refractivity contribution in [1.82, 2.24) is 0 Å². The van der Waals surface area contributed by atoms with E-state index < -0.39 is 22.4 Å². The van der Waals surface area contributed by atoms with E-state index in [4.69, 9.17) is 4.74 Å². The quantitative estimate of drug-likeness (QED) is 0.420. The van der Waals surface area contributed by atoms with Gasteiger partial charge in [-0.3, -0.25) is 14.9 Å². The van der Waals surface area contributed by atoms with E-state index in [1.807, 2.05) is 0 Å². The molecule has 2 aromatic carbocycles. The number of alkyl halides is 3. The van der Waals surface area contributed by atoms with Crippen LogP contribution in [0.5, 0.6) is 11.5 Å². The summed E-state index contributed by atoms with van der Waals surface area (Å²) in [5.74, 6) is -0.403. The summed E-state index contributed by atoms with van der Waals surface area (Å²) in [6.07, 6.45) is -4.42. The highest BCUT2D eigenvalue weighted by Gasteiger charge is 2.31. The first kappa shape index (κ1) is 16.9. The van der Waals surface area contributed by atoms with Gasteiger partial charge >= 0.3 is 11.9 Å². The van der Waals surface area contributed by atoms with E-state index in [-0.39, 0.29) is 23.3 Å². The Labute approximate surface area is 136 Å². The van der Waals surface area contributed by atoms with Gasteiger partial charge in [0.25, 0.3) is 0 Å². The van der Waals surface area contributed by atoms with E-state index in [1.165, 1.54) is 18.2 Å². The molecule has 2 aromatic rings. The van der Waals surface area contributed by atoms with Crippen molar-refractivity contribution in [3.05, 3.63) is 62.1 Å². The topological polar surface area (TPSA) is 69.4 Å². The van der Waals surface area contributed by atoms with Gasteiger partial charge in [0.1, 0.15) is 5.75 Å². The zero-order valence-electron chi connectivity index (χ0n) is 11.1. The molecule has 120 valence electrons. The monoisotopic (exact) mass is 389 g/mol. The van der Waals surface area contributed by atoms with Gasteiger partial charge in [-0.2, -0.15) is 13.2 Å². The summed E-state index contributed by atoms with van der Waals surface area (Å²) in [5.41, 5.74) is -1.77. The Hall–Kier alpha value is -2.42. The van der Waals surface area contributed by atoms with Crippen LogP contribution in [0.4, 0.5) is 18.9 Å². The van der Waals surface area contributed by atoms with Crippen LogP contribution in [0.1, 0.15) is 15.9 Å². The van der Waals surface area contributed by atoms with Crippen molar-refractivity contribution in [2.75, 3.05) is 0 Å². The molecule has 0 radical (unpaired) electrons. The van der Waals surface area contributed by atoms with Crippen LogP contribution in [0.3, 0.4) is 0 Å². The second kappa shape index (κ2) is 6.37. The van der Waals surface area contributed by atoms with Crippen LogP contribution in [-0.4, -0.2) is 11.2 Å². The van der Waals surface area contributed by atoms with Gasteiger partial charge in [-0.25, -0.2) is 0 Å². The van der Waals surface area contributed by atoms with Gasteiger partial charge in [0.05, 0.1) is 16.1 Å². The van der Waals surface area contributed by atoms with Crippen molar-refractivity contribution in [1.29, 1.82) is 0 Å². The van der Waals surface area contributed by atoms with E-state index in [2.05, 4.69) is 15.9 Å². The Bertz CT molecular complexity index is 777. The maximum Gasteiger partial charge on any atom is 0.416 e. The first-order chi connectivity index (χ1) is 10.7.